The van der Waals surface area contributed by atoms with Gasteiger partial charge < -0.3 is 64.2 Å². The van der Waals surface area contributed by atoms with Crippen molar-refractivity contribution in [2.24, 2.45) is 0 Å². The zero-order chi connectivity index (χ0) is 52.4. The van der Waals surface area contributed by atoms with E-state index in [2.05, 4.69) is 62.5 Å². The van der Waals surface area contributed by atoms with Gasteiger partial charge in [0.1, 0.15) is 55.4 Å². The van der Waals surface area contributed by atoms with Gasteiger partial charge in [-0.3, -0.25) is 9.59 Å². The SMILES string of the molecule is CC/C=C/C=C/C=C/CCCCCCCC(=O)OC(COC(=O)CCCCCCCCCCCCCCC/C=C/C/C=C/C/C=C/CC)CO[C@@H]1O[C@H](CO[C@@H]2O[C@H](CO)[C@H](O)C(O)C2O)[C@H](O)C(O)C1O. The summed E-state index contributed by atoms with van der Waals surface area (Å²) in [5, 5.41) is 72.2. The number of rotatable bonds is 42. The second-order valence-electron chi connectivity index (χ2n) is 19.1. The summed E-state index contributed by atoms with van der Waals surface area (Å²) in [6.45, 7) is 2.32. The molecule has 2 heterocycles. The first kappa shape index (κ1) is 65.1. The van der Waals surface area contributed by atoms with Crippen molar-refractivity contribution in [2.75, 3.05) is 26.4 Å². The van der Waals surface area contributed by atoms with Crippen LogP contribution >= 0.6 is 0 Å². The van der Waals surface area contributed by atoms with Crippen molar-refractivity contribution < 1.29 is 73.8 Å². The third-order valence-electron chi connectivity index (χ3n) is 12.7. The molecule has 0 saturated carbocycles. The summed E-state index contributed by atoms with van der Waals surface area (Å²) >= 11 is 0. The van der Waals surface area contributed by atoms with E-state index in [4.69, 9.17) is 28.4 Å². The Bertz CT molecular complexity index is 1530. The molecular weight excluding hydrogens is 925 g/mol. The Morgan fingerprint density at radius 2 is 0.903 bits per heavy atom. The minimum Gasteiger partial charge on any atom is -0.462 e. The van der Waals surface area contributed by atoms with Crippen molar-refractivity contribution in [3.63, 3.8) is 0 Å². The number of esters is 2. The van der Waals surface area contributed by atoms with E-state index in [0.29, 0.717) is 12.8 Å². The van der Waals surface area contributed by atoms with Crippen LogP contribution in [-0.2, 0) is 38.0 Å². The Hall–Kier alpha value is -3.06. The van der Waals surface area contributed by atoms with Crippen molar-refractivity contribution in [2.45, 2.75) is 248 Å². The molecule has 72 heavy (non-hydrogen) atoms. The molecule has 5 unspecified atom stereocenters. The van der Waals surface area contributed by atoms with Crippen LogP contribution in [-0.4, -0.2) is 142 Å². The van der Waals surface area contributed by atoms with Crippen LogP contribution in [0.3, 0.4) is 0 Å². The van der Waals surface area contributed by atoms with Gasteiger partial charge in [-0.15, -0.1) is 0 Å². The van der Waals surface area contributed by atoms with Gasteiger partial charge in [-0.25, -0.2) is 0 Å². The fraction of sp³-hybridized carbons (Fsp3) is 0.754. The average Bonchev–Trinajstić information content (AvgIpc) is 3.37. The van der Waals surface area contributed by atoms with Crippen molar-refractivity contribution in [3.05, 3.63) is 72.9 Å². The van der Waals surface area contributed by atoms with E-state index in [0.717, 1.165) is 77.0 Å². The van der Waals surface area contributed by atoms with E-state index in [-0.39, 0.29) is 19.4 Å². The van der Waals surface area contributed by atoms with E-state index in [9.17, 15) is 45.3 Å². The molecule has 414 valence electrons. The highest BCUT2D eigenvalue weighted by Gasteiger charge is 2.47. The molecule has 7 N–H and O–H groups in total. The van der Waals surface area contributed by atoms with Gasteiger partial charge in [-0.05, 0) is 64.2 Å². The lowest BCUT2D eigenvalue weighted by molar-refractivity contribution is -0.332. The minimum atomic E-state index is -1.77. The highest BCUT2D eigenvalue weighted by atomic mass is 16.7. The Morgan fingerprint density at radius 3 is 1.46 bits per heavy atom. The van der Waals surface area contributed by atoms with Crippen molar-refractivity contribution in [3.8, 4) is 0 Å². The van der Waals surface area contributed by atoms with Gasteiger partial charge in [0.05, 0.1) is 19.8 Å². The maximum atomic E-state index is 13.0. The lowest BCUT2D eigenvalue weighted by atomic mass is 9.98. The fourth-order valence-electron chi connectivity index (χ4n) is 8.29. The molecule has 15 heteroatoms. The molecule has 0 aromatic heterocycles. The van der Waals surface area contributed by atoms with Crippen molar-refractivity contribution in [1.82, 2.24) is 0 Å². The van der Waals surface area contributed by atoms with Crippen LogP contribution < -0.4 is 0 Å². The summed E-state index contributed by atoms with van der Waals surface area (Å²) in [6.07, 6.45) is 35.1. The van der Waals surface area contributed by atoms with Gasteiger partial charge in [0.25, 0.3) is 0 Å². The first-order valence-corrected chi connectivity index (χ1v) is 27.6. The number of carbonyl (C=O) groups excluding carboxylic acids is 2. The molecule has 0 amide bonds. The van der Waals surface area contributed by atoms with Gasteiger partial charge in [-0.2, -0.15) is 0 Å². The largest absolute Gasteiger partial charge is 0.462 e. The summed E-state index contributed by atoms with van der Waals surface area (Å²) < 4.78 is 33.6. The number of carbonyl (C=O) groups is 2. The highest BCUT2D eigenvalue weighted by molar-refractivity contribution is 5.70. The van der Waals surface area contributed by atoms with Gasteiger partial charge in [0.15, 0.2) is 18.7 Å². The molecule has 0 spiro atoms. The molecule has 0 radical (unpaired) electrons. The molecule has 2 fully saturated rings. The van der Waals surface area contributed by atoms with Gasteiger partial charge in [-0.1, -0.05) is 177 Å². The second kappa shape index (κ2) is 43.2. The van der Waals surface area contributed by atoms with Crippen LogP contribution in [0.2, 0.25) is 0 Å². The van der Waals surface area contributed by atoms with Crippen LogP contribution in [0.5, 0.6) is 0 Å². The lowest BCUT2D eigenvalue weighted by Crippen LogP contribution is -2.61. The standard InChI is InChI=1S/C57H96O15/c1-3-5-7-9-11-13-15-17-18-19-20-21-22-23-24-25-26-28-29-31-33-35-37-39-48(59)67-42-45(70-49(60)40-38-36-34-32-30-27-16-14-12-10-8-6-4-2)43-68-56-55(66)53(64)51(62)47(72-56)44-69-57-54(65)52(63)50(61)46(41-58)71-57/h5-8,10-14,16-18,45-47,50-58,61-66H,3-4,9,15,19-44H2,1-2H3/b7-5+,8-6+,12-10+,13-11+,16-14+,18-17+/t45?,46-,47-,50+,51+,52?,53?,54?,55?,56-,57-/m1/s1. The third-order valence-corrected chi connectivity index (χ3v) is 12.7. The summed E-state index contributed by atoms with van der Waals surface area (Å²) in [5.41, 5.74) is 0. The molecule has 2 saturated heterocycles. The number of aliphatic hydroxyl groups excluding tert-OH is 7. The number of unbranched alkanes of at least 4 members (excludes halogenated alkanes) is 18. The Morgan fingerprint density at radius 1 is 0.458 bits per heavy atom. The Balaban J connectivity index is 1.74. The van der Waals surface area contributed by atoms with Crippen LogP contribution in [0.15, 0.2) is 72.9 Å². The number of hydrogen-bond donors (Lipinski definition) is 7. The quantitative estimate of drug-likeness (QED) is 0.0131. The lowest BCUT2D eigenvalue weighted by Gasteiger charge is -2.42. The molecule has 15 nitrogen and oxygen atoms in total. The van der Waals surface area contributed by atoms with Gasteiger partial charge >= 0.3 is 11.9 Å². The first-order chi connectivity index (χ1) is 35.0. The Kier molecular flexibility index (Phi) is 39.0. The van der Waals surface area contributed by atoms with Crippen molar-refractivity contribution >= 4 is 11.9 Å². The highest BCUT2D eigenvalue weighted by Crippen LogP contribution is 2.26. The normalized spacial score (nSPS) is 25.6. The second-order valence-corrected chi connectivity index (χ2v) is 19.1. The van der Waals surface area contributed by atoms with Crippen LogP contribution in [0.1, 0.15) is 181 Å². The molecule has 0 aromatic carbocycles. The number of ether oxygens (including phenoxy) is 6. The number of aliphatic hydroxyl groups is 7. The first-order valence-electron chi connectivity index (χ1n) is 27.6. The molecular formula is C57H96O15. The third kappa shape index (κ3) is 30.3. The predicted octanol–water partition coefficient (Wildman–Crippen LogP) is 8.60. The van der Waals surface area contributed by atoms with E-state index < -0.39 is 99.3 Å². The maximum Gasteiger partial charge on any atom is 0.306 e. The molecule has 2 aliphatic heterocycles. The van der Waals surface area contributed by atoms with Crippen LogP contribution in [0.4, 0.5) is 0 Å². The van der Waals surface area contributed by atoms with E-state index in [1.54, 1.807) is 0 Å². The molecule has 11 atom stereocenters. The monoisotopic (exact) mass is 1020 g/mol. The molecule has 0 aromatic rings. The van der Waals surface area contributed by atoms with E-state index in [1.165, 1.54) is 64.2 Å². The topological polar surface area (TPSA) is 231 Å². The maximum absolute atomic E-state index is 13.0. The average molecular weight is 1020 g/mol. The summed E-state index contributed by atoms with van der Waals surface area (Å²) in [5.74, 6) is -0.953. The Labute approximate surface area is 432 Å². The van der Waals surface area contributed by atoms with Gasteiger partial charge in [0.2, 0.25) is 0 Å². The summed E-state index contributed by atoms with van der Waals surface area (Å²) in [6, 6.07) is 0. The van der Waals surface area contributed by atoms with Crippen molar-refractivity contribution in [1.29, 1.82) is 0 Å². The molecule has 0 bridgehead atoms. The van der Waals surface area contributed by atoms with Gasteiger partial charge in [0, 0.05) is 12.8 Å². The van der Waals surface area contributed by atoms with E-state index >= 15 is 0 Å². The summed E-state index contributed by atoms with van der Waals surface area (Å²) in [7, 11) is 0. The molecule has 0 aliphatic carbocycles. The molecule has 2 rings (SSSR count). The minimum absolute atomic E-state index is 0.139. The van der Waals surface area contributed by atoms with Crippen LogP contribution in [0.25, 0.3) is 0 Å². The zero-order valence-corrected chi connectivity index (χ0v) is 43.9. The smallest absolute Gasteiger partial charge is 0.306 e. The molecule has 2 aliphatic rings. The number of hydrogen-bond acceptors (Lipinski definition) is 15. The zero-order valence-electron chi connectivity index (χ0n) is 43.9. The fourth-order valence-corrected chi connectivity index (χ4v) is 8.29. The van der Waals surface area contributed by atoms with E-state index in [1.807, 2.05) is 24.3 Å². The van der Waals surface area contributed by atoms with Crippen LogP contribution in [0, 0.1) is 0 Å². The summed E-state index contributed by atoms with van der Waals surface area (Å²) in [4.78, 5) is 25.8. The predicted molar refractivity (Wildman–Crippen MR) is 279 cm³/mol. The number of allylic oxidation sites excluding steroid dienone is 12.